The fourth-order valence-corrected chi connectivity index (χ4v) is 2.86. The lowest BCUT2D eigenvalue weighted by Crippen LogP contribution is -2.30. The second-order valence-corrected chi connectivity index (χ2v) is 6.27. The van der Waals surface area contributed by atoms with Crippen LogP contribution in [-0.2, 0) is 11.3 Å². The largest absolute Gasteiger partial charge is 0.368 e. The van der Waals surface area contributed by atoms with Gasteiger partial charge in [-0.15, -0.1) is 0 Å². The van der Waals surface area contributed by atoms with E-state index < -0.39 is 0 Å². The van der Waals surface area contributed by atoms with E-state index in [1.807, 2.05) is 12.1 Å². The van der Waals surface area contributed by atoms with E-state index in [1.54, 1.807) is 0 Å². The van der Waals surface area contributed by atoms with E-state index in [2.05, 4.69) is 35.4 Å². The van der Waals surface area contributed by atoms with Crippen LogP contribution in [0.1, 0.15) is 25.8 Å². The van der Waals surface area contributed by atoms with Gasteiger partial charge in [0.1, 0.15) is 0 Å². The highest BCUT2D eigenvalue weighted by Crippen LogP contribution is 2.30. The van der Waals surface area contributed by atoms with Crippen molar-refractivity contribution in [1.29, 1.82) is 0 Å². The number of benzene rings is 1. The number of nitrogens with zero attached hydrogens (tertiary/aromatic N) is 1. The van der Waals surface area contributed by atoms with Crippen LogP contribution in [0.15, 0.2) is 18.2 Å². The SMILES string of the molecule is CC(C)CNCc1cccc(Cl)c1N1CCNC(=O)CC1. The third-order valence-electron chi connectivity index (χ3n) is 3.57. The van der Waals surface area contributed by atoms with Gasteiger partial charge in [-0.25, -0.2) is 0 Å². The van der Waals surface area contributed by atoms with Gasteiger partial charge in [0.15, 0.2) is 0 Å². The lowest BCUT2D eigenvalue weighted by Gasteiger charge is -2.26. The minimum absolute atomic E-state index is 0.115. The molecule has 0 spiro atoms. The van der Waals surface area contributed by atoms with Gasteiger partial charge >= 0.3 is 0 Å². The Kier molecular flexibility index (Phi) is 5.88. The van der Waals surface area contributed by atoms with Gasteiger partial charge in [0.05, 0.1) is 10.7 Å². The quantitative estimate of drug-likeness (QED) is 0.878. The highest BCUT2D eigenvalue weighted by molar-refractivity contribution is 6.33. The molecule has 116 valence electrons. The average Bonchev–Trinajstić information content (AvgIpc) is 2.63. The summed E-state index contributed by atoms with van der Waals surface area (Å²) in [6.07, 6.45) is 0.518. The Balaban J connectivity index is 2.14. The van der Waals surface area contributed by atoms with Crippen molar-refractivity contribution in [2.45, 2.75) is 26.8 Å². The van der Waals surface area contributed by atoms with E-state index in [9.17, 15) is 4.79 Å². The molecule has 4 nitrogen and oxygen atoms in total. The Morgan fingerprint density at radius 2 is 2.19 bits per heavy atom. The fraction of sp³-hybridized carbons (Fsp3) is 0.562. The Morgan fingerprint density at radius 3 is 2.95 bits per heavy atom. The zero-order valence-electron chi connectivity index (χ0n) is 12.8. The number of hydrogen-bond acceptors (Lipinski definition) is 3. The van der Waals surface area contributed by atoms with Crippen molar-refractivity contribution in [1.82, 2.24) is 10.6 Å². The first-order chi connectivity index (χ1) is 10.1. The van der Waals surface area contributed by atoms with Gasteiger partial charge in [-0.3, -0.25) is 4.79 Å². The van der Waals surface area contributed by atoms with E-state index >= 15 is 0 Å². The van der Waals surface area contributed by atoms with Crippen LogP contribution in [0.3, 0.4) is 0 Å². The molecule has 0 bridgehead atoms. The van der Waals surface area contributed by atoms with E-state index in [1.165, 1.54) is 5.56 Å². The van der Waals surface area contributed by atoms with Crippen molar-refractivity contribution < 1.29 is 4.79 Å². The maximum atomic E-state index is 11.5. The number of halogens is 1. The van der Waals surface area contributed by atoms with Crippen molar-refractivity contribution in [3.63, 3.8) is 0 Å². The summed E-state index contributed by atoms with van der Waals surface area (Å²) in [5, 5.41) is 7.12. The Morgan fingerprint density at radius 1 is 1.38 bits per heavy atom. The summed E-state index contributed by atoms with van der Waals surface area (Å²) < 4.78 is 0. The molecule has 1 aliphatic heterocycles. The zero-order valence-corrected chi connectivity index (χ0v) is 13.5. The summed E-state index contributed by atoms with van der Waals surface area (Å²) in [6, 6.07) is 6.01. The molecule has 1 fully saturated rings. The highest BCUT2D eigenvalue weighted by atomic mass is 35.5. The van der Waals surface area contributed by atoms with Crippen molar-refractivity contribution in [2.75, 3.05) is 31.1 Å². The average molecular weight is 310 g/mol. The lowest BCUT2D eigenvalue weighted by atomic mass is 10.1. The van der Waals surface area contributed by atoms with Crippen LogP contribution in [0.5, 0.6) is 0 Å². The number of carbonyl (C=O) groups is 1. The first-order valence-electron chi connectivity index (χ1n) is 7.57. The van der Waals surface area contributed by atoms with Gasteiger partial charge in [-0.2, -0.15) is 0 Å². The second kappa shape index (κ2) is 7.66. The molecule has 0 atom stereocenters. The van der Waals surface area contributed by atoms with Crippen molar-refractivity contribution in [2.24, 2.45) is 5.92 Å². The maximum Gasteiger partial charge on any atom is 0.221 e. The summed E-state index contributed by atoms with van der Waals surface area (Å²) in [5.74, 6) is 0.733. The van der Waals surface area contributed by atoms with E-state index in [-0.39, 0.29) is 5.91 Å². The normalized spacial score (nSPS) is 16.0. The predicted octanol–water partition coefficient (Wildman–Crippen LogP) is 2.41. The summed E-state index contributed by atoms with van der Waals surface area (Å²) in [5.41, 5.74) is 2.25. The monoisotopic (exact) mass is 309 g/mol. The molecule has 0 radical (unpaired) electrons. The van der Waals surface area contributed by atoms with Gasteiger partial charge in [0.2, 0.25) is 5.91 Å². The van der Waals surface area contributed by atoms with Gasteiger partial charge in [-0.05, 0) is 24.1 Å². The fourth-order valence-electron chi connectivity index (χ4n) is 2.54. The molecule has 1 heterocycles. The van der Waals surface area contributed by atoms with Crippen LogP contribution in [-0.4, -0.2) is 32.1 Å². The maximum absolute atomic E-state index is 11.5. The molecule has 0 unspecified atom stereocenters. The standard InChI is InChI=1S/C16H24ClN3O/c1-12(2)10-18-11-13-4-3-5-14(17)16(13)20-8-6-15(21)19-7-9-20/h3-5,12,18H,6-11H2,1-2H3,(H,19,21). The summed E-state index contributed by atoms with van der Waals surface area (Å²) >= 11 is 6.42. The van der Waals surface area contributed by atoms with Gasteiger partial charge in [0.25, 0.3) is 0 Å². The molecule has 2 N–H and O–H groups in total. The first-order valence-corrected chi connectivity index (χ1v) is 7.95. The molecule has 1 aliphatic rings. The zero-order chi connectivity index (χ0) is 15.2. The summed E-state index contributed by atoms with van der Waals surface area (Å²) in [7, 11) is 0. The van der Waals surface area contributed by atoms with Gasteiger partial charge in [-0.1, -0.05) is 37.6 Å². The Labute approximate surface area is 131 Å². The van der Waals surface area contributed by atoms with Crippen molar-refractivity contribution >= 4 is 23.2 Å². The van der Waals surface area contributed by atoms with Crippen LogP contribution >= 0.6 is 11.6 Å². The first kappa shape index (κ1) is 16.1. The topological polar surface area (TPSA) is 44.4 Å². The summed E-state index contributed by atoms with van der Waals surface area (Å²) in [6.45, 7) is 8.34. The molecule has 1 aromatic carbocycles. The van der Waals surface area contributed by atoms with Crippen LogP contribution in [0.25, 0.3) is 0 Å². The van der Waals surface area contributed by atoms with Crippen LogP contribution in [0, 0.1) is 5.92 Å². The Bertz CT molecular complexity index is 490. The van der Waals surface area contributed by atoms with Crippen LogP contribution in [0.2, 0.25) is 5.02 Å². The van der Waals surface area contributed by atoms with E-state index in [4.69, 9.17) is 11.6 Å². The highest BCUT2D eigenvalue weighted by Gasteiger charge is 2.18. The number of carbonyl (C=O) groups excluding carboxylic acids is 1. The molecule has 1 saturated heterocycles. The number of para-hydroxylation sites is 1. The smallest absolute Gasteiger partial charge is 0.221 e. The van der Waals surface area contributed by atoms with Crippen molar-refractivity contribution in [3.05, 3.63) is 28.8 Å². The molecule has 0 aliphatic carbocycles. The van der Waals surface area contributed by atoms with Gasteiger partial charge in [0, 0.05) is 32.6 Å². The molecular formula is C16H24ClN3O. The van der Waals surface area contributed by atoms with Gasteiger partial charge < -0.3 is 15.5 Å². The minimum atomic E-state index is 0.115. The molecule has 2 rings (SSSR count). The summed E-state index contributed by atoms with van der Waals surface area (Å²) in [4.78, 5) is 13.7. The Hall–Kier alpha value is -1.26. The number of nitrogens with one attached hydrogen (secondary N) is 2. The number of amides is 1. The third kappa shape index (κ3) is 4.61. The van der Waals surface area contributed by atoms with Crippen molar-refractivity contribution in [3.8, 4) is 0 Å². The third-order valence-corrected chi connectivity index (χ3v) is 3.87. The van der Waals surface area contributed by atoms with E-state index in [0.717, 1.165) is 30.3 Å². The lowest BCUT2D eigenvalue weighted by molar-refractivity contribution is -0.120. The number of rotatable bonds is 5. The minimum Gasteiger partial charge on any atom is -0.368 e. The predicted molar refractivity (Wildman–Crippen MR) is 87.8 cm³/mol. The molecule has 5 heteroatoms. The molecule has 0 aromatic heterocycles. The molecular weight excluding hydrogens is 286 g/mol. The molecule has 1 aromatic rings. The van der Waals surface area contributed by atoms with E-state index in [0.29, 0.717) is 25.4 Å². The molecule has 1 amide bonds. The van der Waals surface area contributed by atoms with Crippen LogP contribution < -0.4 is 15.5 Å². The second-order valence-electron chi connectivity index (χ2n) is 5.86. The molecule has 21 heavy (non-hydrogen) atoms. The number of anilines is 1. The van der Waals surface area contributed by atoms with Crippen LogP contribution in [0.4, 0.5) is 5.69 Å². The number of hydrogen-bond donors (Lipinski definition) is 2. The molecule has 0 saturated carbocycles.